The van der Waals surface area contributed by atoms with Crippen LogP contribution in [-0.4, -0.2) is 40.2 Å². The van der Waals surface area contributed by atoms with Crippen LogP contribution in [0.5, 0.6) is 0 Å². The van der Waals surface area contributed by atoms with E-state index < -0.39 is 18.1 Å². The maximum Gasteiger partial charge on any atom is 0.327 e. The van der Waals surface area contributed by atoms with E-state index in [1.807, 2.05) is 30.5 Å². The first-order chi connectivity index (χ1) is 21.4. The molecular weight excluding hydrogens is 550 g/mol. The van der Waals surface area contributed by atoms with Gasteiger partial charge in [0.25, 0.3) is 11.4 Å². The van der Waals surface area contributed by atoms with E-state index >= 15 is 0 Å². The van der Waals surface area contributed by atoms with Crippen molar-refractivity contribution in [2.24, 2.45) is 4.99 Å². The molecule has 0 saturated carbocycles. The van der Waals surface area contributed by atoms with E-state index in [9.17, 15) is 9.59 Å². The Hall–Kier alpha value is -4.12. The Morgan fingerprint density at radius 2 is 1.45 bits per heavy atom. The number of carboxylic acid groups (broad SMARTS) is 1. The van der Waals surface area contributed by atoms with Gasteiger partial charge in [0.15, 0.2) is 6.54 Å². The van der Waals surface area contributed by atoms with Gasteiger partial charge in [-0.3, -0.25) is 14.6 Å². The SMILES string of the molecule is [C-]#[N+]c1[nH]n(CC(=O)O)c(=O)c1Cc1ccc(N=Cc2ccc(N(CCCCCCCC)CCCCCCCC)cc2)cc1. The van der Waals surface area contributed by atoms with Crippen LogP contribution >= 0.6 is 0 Å². The minimum Gasteiger partial charge on any atom is -0.480 e. The van der Waals surface area contributed by atoms with Crippen molar-refractivity contribution in [2.45, 2.75) is 104 Å². The number of aromatic nitrogens is 2. The summed E-state index contributed by atoms with van der Waals surface area (Å²) in [5, 5.41) is 11.6. The monoisotopic (exact) mass is 599 g/mol. The summed E-state index contributed by atoms with van der Waals surface area (Å²) >= 11 is 0. The first-order valence-electron chi connectivity index (χ1n) is 16.3. The van der Waals surface area contributed by atoms with Crippen molar-refractivity contribution in [3.8, 4) is 0 Å². The molecule has 8 nitrogen and oxygen atoms in total. The molecule has 236 valence electrons. The number of hydrogen-bond donors (Lipinski definition) is 2. The fourth-order valence-electron chi connectivity index (χ4n) is 5.37. The number of aliphatic carboxylic acids is 1. The summed E-state index contributed by atoms with van der Waals surface area (Å²) in [5.74, 6) is -1.08. The highest BCUT2D eigenvalue weighted by Gasteiger charge is 2.17. The second-order valence-electron chi connectivity index (χ2n) is 11.6. The van der Waals surface area contributed by atoms with Gasteiger partial charge in [-0.1, -0.05) is 109 Å². The molecule has 0 spiro atoms. The molecule has 0 bridgehead atoms. The van der Waals surface area contributed by atoms with Crippen molar-refractivity contribution in [1.29, 1.82) is 0 Å². The zero-order valence-corrected chi connectivity index (χ0v) is 26.6. The van der Waals surface area contributed by atoms with E-state index in [-0.39, 0.29) is 17.8 Å². The molecule has 0 amide bonds. The average Bonchev–Trinajstić information content (AvgIpc) is 3.32. The third-order valence-corrected chi connectivity index (χ3v) is 7.94. The van der Waals surface area contributed by atoms with E-state index in [0.29, 0.717) is 0 Å². The van der Waals surface area contributed by atoms with Crippen LogP contribution in [0.25, 0.3) is 4.85 Å². The third-order valence-electron chi connectivity index (χ3n) is 7.94. The van der Waals surface area contributed by atoms with Crippen molar-refractivity contribution < 1.29 is 9.90 Å². The fourth-order valence-corrected chi connectivity index (χ4v) is 5.37. The highest BCUT2D eigenvalue weighted by Crippen LogP contribution is 2.21. The minimum atomic E-state index is -1.15. The molecule has 0 aliphatic heterocycles. The summed E-state index contributed by atoms with van der Waals surface area (Å²) in [6, 6.07) is 16.2. The van der Waals surface area contributed by atoms with E-state index in [2.05, 4.69) is 57.9 Å². The summed E-state index contributed by atoms with van der Waals surface area (Å²) < 4.78 is 0.956. The van der Waals surface area contributed by atoms with Crippen LogP contribution < -0.4 is 10.5 Å². The molecule has 44 heavy (non-hydrogen) atoms. The van der Waals surface area contributed by atoms with Crippen molar-refractivity contribution in [2.75, 3.05) is 18.0 Å². The zero-order chi connectivity index (χ0) is 31.6. The number of H-pyrrole nitrogens is 1. The molecule has 0 unspecified atom stereocenters. The predicted octanol–water partition coefficient (Wildman–Crippen LogP) is 8.68. The molecule has 3 rings (SSSR count). The lowest BCUT2D eigenvalue weighted by molar-refractivity contribution is -0.137. The third kappa shape index (κ3) is 11.5. The Morgan fingerprint density at radius 3 is 2.00 bits per heavy atom. The van der Waals surface area contributed by atoms with E-state index in [1.165, 1.54) is 82.7 Å². The summed E-state index contributed by atoms with van der Waals surface area (Å²) in [6.07, 6.45) is 17.7. The Kier molecular flexibility index (Phi) is 15.0. The minimum absolute atomic E-state index is 0.0688. The first-order valence-corrected chi connectivity index (χ1v) is 16.3. The molecule has 0 saturated heterocycles. The molecule has 0 aliphatic rings. The van der Waals surface area contributed by atoms with E-state index in [4.69, 9.17) is 11.7 Å². The Labute approximate surface area is 262 Å². The van der Waals surface area contributed by atoms with Gasteiger partial charge in [-0.2, -0.15) is 4.68 Å². The average molecular weight is 600 g/mol. The van der Waals surface area contributed by atoms with Gasteiger partial charge in [0.2, 0.25) is 0 Å². The fraction of sp³-hybridized carbons (Fsp3) is 0.500. The second kappa shape index (κ2) is 19.2. The molecule has 1 heterocycles. The van der Waals surface area contributed by atoms with Gasteiger partial charge >= 0.3 is 5.97 Å². The number of aliphatic imine (C=N–C) groups is 1. The summed E-state index contributed by atoms with van der Waals surface area (Å²) in [7, 11) is 0. The largest absolute Gasteiger partial charge is 0.480 e. The Morgan fingerprint density at radius 1 is 0.886 bits per heavy atom. The van der Waals surface area contributed by atoms with Crippen LogP contribution in [-0.2, 0) is 17.8 Å². The molecule has 3 aromatic rings. The first kappa shape index (κ1) is 34.4. The predicted molar refractivity (Wildman–Crippen MR) is 181 cm³/mol. The number of carboxylic acids is 1. The van der Waals surface area contributed by atoms with Crippen LogP contribution in [0.2, 0.25) is 0 Å². The number of nitrogens with zero attached hydrogens (tertiary/aromatic N) is 4. The van der Waals surface area contributed by atoms with Crippen molar-refractivity contribution in [3.05, 3.63) is 87.0 Å². The molecule has 1 aromatic heterocycles. The summed E-state index contributed by atoms with van der Waals surface area (Å²) in [5.41, 5.74) is 3.71. The lowest BCUT2D eigenvalue weighted by Crippen LogP contribution is -2.25. The van der Waals surface area contributed by atoms with Gasteiger partial charge in [-0.15, -0.1) is 0 Å². The Bertz CT molecular complexity index is 1380. The van der Waals surface area contributed by atoms with Gasteiger partial charge in [0.05, 0.1) is 5.69 Å². The van der Waals surface area contributed by atoms with Crippen molar-refractivity contribution in [1.82, 2.24) is 9.78 Å². The number of hydrogen-bond acceptors (Lipinski definition) is 4. The topological polar surface area (TPSA) is 95.0 Å². The smallest absolute Gasteiger partial charge is 0.327 e. The number of aromatic amines is 1. The molecule has 2 N–H and O–H groups in total. The highest BCUT2D eigenvalue weighted by atomic mass is 16.4. The maximum atomic E-state index is 12.6. The van der Waals surface area contributed by atoms with Crippen LogP contribution in [0.15, 0.2) is 58.3 Å². The molecule has 8 heteroatoms. The zero-order valence-electron chi connectivity index (χ0n) is 26.6. The van der Waals surface area contributed by atoms with Gasteiger partial charge < -0.3 is 14.9 Å². The standard InChI is InChI=1S/C36H49N5O3/c1-4-6-8-10-12-14-24-40(25-15-13-11-9-7-5-2)32-22-18-30(19-23-32)27-38-31-20-16-29(17-21-31)26-33-35(37-3)39-41(36(33)44)28-34(42)43/h16-23,27,39H,4-15,24-26,28H2,1-2H3,(H,42,43). The quantitative estimate of drug-likeness (QED) is 0.0727. The van der Waals surface area contributed by atoms with Gasteiger partial charge in [0.1, 0.15) is 0 Å². The summed E-state index contributed by atoms with van der Waals surface area (Å²) in [4.78, 5) is 34.1. The number of nitrogens with one attached hydrogen (secondary N) is 1. The molecular formula is C36H49N5O3. The lowest BCUT2D eigenvalue weighted by atomic mass is 10.1. The number of unbranched alkanes of at least 4 members (excludes halogenated alkanes) is 10. The molecule has 0 atom stereocenters. The van der Waals surface area contributed by atoms with E-state index in [0.717, 1.165) is 34.6 Å². The van der Waals surface area contributed by atoms with E-state index in [1.54, 1.807) is 0 Å². The highest BCUT2D eigenvalue weighted by molar-refractivity contribution is 5.82. The normalized spacial score (nSPS) is 11.2. The maximum absolute atomic E-state index is 12.6. The van der Waals surface area contributed by atoms with Crippen LogP contribution in [0.3, 0.4) is 0 Å². The molecule has 0 fully saturated rings. The van der Waals surface area contributed by atoms with Gasteiger partial charge in [-0.25, -0.2) is 5.10 Å². The number of rotatable bonds is 21. The molecule has 0 aliphatic carbocycles. The van der Waals surface area contributed by atoms with Crippen molar-refractivity contribution in [3.63, 3.8) is 0 Å². The Balaban J connectivity index is 1.59. The van der Waals surface area contributed by atoms with Gasteiger partial charge in [0, 0.05) is 30.6 Å². The van der Waals surface area contributed by atoms with Crippen molar-refractivity contribution >= 4 is 29.4 Å². The number of anilines is 1. The lowest BCUT2D eigenvalue weighted by Gasteiger charge is -2.25. The van der Waals surface area contributed by atoms with Crippen LogP contribution in [0.4, 0.5) is 17.2 Å². The van der Waals surface area contributed by atoms with Gasteiger partial charge in [-0.05, 0) is 54.7 Å². The van der Waals surface area contributed by atoms with Crippen LogP contribution in [0, 0.1) is 6.57 Å². The van der Waals surface area contributed by atoms with Crippen LogP contribution in [0.1, 0.15) is 108 Å². The molecule has 2 aromatic carbocycles. The second-order valence-corrected chi connectivity index (χ2v) is 11.6. The number of benzene rings is 2. The number of carbonyl (C=O) groups is 1. The molecule has 0 radical (unpaired) electrons. The summed E-state index contributed by atoms with van der Waals surface area (Å²) in [6.45, 7) is 13.6.